The number of Topliss-reactive ketones (excluding diaryl/α,β-unsaturated/α-hetero) is 2. The Bertz CT molecular complexity index is 692. The van der Waals surface area contributed by atoms with E-state index in [1.807, 2.05) is 0 Å². The van der Waals surface area contributed by atoms with Crippen molar-refractivity contribution in [2.75, 3.05) is 0 Å². The number of hydrogen-bond donors (Lipinski definition) is 1. The molecule has 0 aromatic carbocycles. The van der Waals surface area contributed by atoms with E-state index in [9.17, 15) is 19.5 Å². The lowest BCUT2D eigenvalue weighted by Crippen LogP contribution is -2.57. The van der Waals surface area contributed by atoms with Gasteiger partial charge in [0.15, 0.2) is 5.78 Å². The summed E-state index contributed by atoms with van der Waals surface area (Å²) in [7, 11) is 0. The van der Waals surface area contributed by atoms with Crippen LogP contribution in [0.15, 0.2) is 11.6 Å². The molecule has 3 saturated carbocycles. The van der Waals surface area contributed by atoms with Gasteiger partial charge in [0.05, 0.1) is 6.10 Å². The van der Waals surface area contributed by atoms with Crippen LogP contribution in [0.2, 0.25) is 0 Å². The summed E-state index contributed by atoms with van der Waals surface area (Å²) in [4.78, 5) is 37.6. The average molecular weight is 344 g/mol. The Morgan fingerprint density at radius 1 is 1.16 bits per heavy atom. The SMILES string of the molecule is CC(=O)C1CC(=O)C=C2CC(=O)[C@@H]3[C@@H](CC[C@]4(C)C(O)CC[C@@H]34)[C@]21C. The van der Waals surface area contributed by atoms with Crippen LogP contribution in [0, 0.1) is 34.5 Å². The summed E-state index contributed by atoms with van der Waals surface area (Å²) in [6.07, 6.45) is 5.32. The summed E-state index contributed by atoms with van der Waals surface area (Å²) >= 11 is 0. The van der Waals surface area contributed by atoms with Crippen molar-refractivity contribution in [3.8, 4) is 0 Å². The molecular formula is C21H28O4. The normalized spacial score (nSPS) is 49.1. The fourth-order valence-electron chi connectivity index (χ4n) is 6.89. The number of ketones is 3. The molecule has 0 aromatic heterocycles. The standard InChI is InChI=1S/C21H28O4/c1-11(22)16-10-13(23)8-12-9-17(24)19-14-4-5-18(25)20(14,2)7-6-15(19)21(12,16)3/h8,14-16,18-19,25H,4-7,9-10H2,1-3H3/t14-,15+,16?,18?,19-,20-,21-/m0/s1. The second kappa shape index (κ2) is 5.35. The molecule has 2 unspecified atom stereocenters. The van der Waals surface area contributed by atoms with Crippen molar-refractivity contribution in [3.05, 3.63) is 11.6 Å². The van der Waals surface area contributed by atoms with E-state index in [4.69, 9.17) is 0 Å². The highest BCUT2D eigenvalue weighted by atomic mass is 16.3. The third-order valence-corrected chi connectivity index (χ3v) is 8.37. The average Bonchev–Trinajstić information content (AvgIpc) is 2.84. The van der Waals surface area contributed by atoms with Crippen LogP contribution in [-0.4, -0.2) is 28.6 Å². The Morgan fingerprint density at radius 2 is 1.88 bits per heavy atom. The molecular weight excluding hydrogens is 316 g/mol. The molecule has 136 valence electrons. The first-order valence-corrected chi connectivity index (χ1v) is 9.64. The molecule has 4 heteroatoms. The Labute approximate surface area is 149 Å². The van der Waals surface area contributed by atoms with E-state index in [1.54, 1.807) is 13.0 Å². The van der Waals surface area contributed by atoms with Crippen LogP contribution in [0.1, 0.15) is 59.3 Å². The van der Waals surface area contributed by atoms with Crippen LogP contribution in [0.3, 0.4) is 0 Å². The molecule has 4 aliphatic rings. The maximum atomic E-state index is 13.1. The summed E-state index contributed by atoms with van der Waals surface area (Å²) in [5.74, 6) is 0.202. The highest BCUT2D eigenvalue weighted by molar-refractivity contribution is 5.99. The maximum absolute atomic E-state index is 13.1. The summed E-state index contributed by atoms with van der Waals surface area (Å²) in [5.41, 5.74) is 0.329. The minimum absolute atomic E-state index is 0.0177. The van der Waals surface area contributed by atoms with Gasteiger partial charge >= 0.3 is 0 Å². The van der Waals surface area contributed by atoms with Gasteiger partial charge in [0, 0.05) is 30.1 Å². The molecule has 0 bridgehead atoms. The second-order valence-corrected chi connectivity index (χ2v) is 9.31. The monoisotopic (exact) mass is 344 g/mol. The van der Waals surface area contributed by atoms with Crippen LogP contribution in [-0.2, 0) is 14.4 Å². The molecule has 0 heterocycles. The molecule has 0 saturated heterocycles. The molecule has 4 rings (SSSR count). The van der Waals surface area contributed by atoms with Crippen molar-refractivity contribution in [2.45, 2.75) is 65.4 Å². The predicted molar refractivity (Wildman–Crippen MR) is 92.7 cm³/mol. The first-order chi connectivity index (χ1) is 11.7. The lowest BCUT2D eigenvalue weighted by Gasteiger charge is -2.58. The fourth-order valence-corrected chi connectivity index (χ4v) is 6.89. The number of hydrogen-bond acceptors (Lipinski definition) is 4. The van der Waals surface area contributed by atoms with Gasteiger partial charge in [0.25, 0.3) is 0 Å². The minimum atomic E-state index is -0.382. The van der Waals surface area contributed by atoms with Crippen molar-refractivity contribution in [1.29, 1.82) is 0 Å². The smallest absolute Gasteiger partial charge is 0.156 e. The molecule has 0 aromatic rings. The summed E-state index contributed by atoms with van der Waals surface area (Å²) < 4.78 is 0. The molecule has 4 aliphatic carbocycles. The number of carbonyl (C=O) groups excluding carboxylic acids is 3. The van der Waals surface area contributed by atoms with Gasteiger partial charge < -0.3 is 5.11 Å². The molecule has 0 spiro atoms. The zero-order valence-electron chi connectivity index (χ0n) is 15.4. The van der Waals surface area contributed by atoms with Gasteiger partial charge in [-0.3, -0.25) is 14.4 Å². The molecule has 0 amide bonds. The highest BCUT2D eigenvalue weighted by Crippen LogP contribution is 2.65. The molecule has 7 atom stereocenters. The Hall–Kier alpha value is -1.29. The van der Waals surface area contributed by atoms with Crippen molar-refractivity contribution in [1.82, 2.24) is 0 Å². The maximum Gasteiger partial charge on any atom is 0.156 e. The van der Waals surface area contributed by atoms with E-state index in [0.717, 1.165) is 31.3 Å². The second-order valence-electron chi connectivity index (χ2n) is 9.31. The van der Waals surface area contributed by atoms with E-state index in [1.165, 1.54) is 0 Å². The third-order valence-electron chi connectivity index (χ3n) is 8.37. The van der Waals surface area contributed by atoms with E-state index in [2.05, 4.69) is 13.8 Å². The van der Waals surface area contributed by atoms with Crippen molar-refractivity contribution >= 4 is 17.3 Å². The number of fused-ring (bicyclic) bond motifs is 5. The van der Waals surface area contributed by atoms with Crippen LogP contribution in [0.5, 0.6) is 0 Å². The molecule has 4 nitrogen and oxygen atoms in total. The molecule has 25 heavy (non-hydrogen) atoms. The number of carbonyl (C=O) groups is 3. The van der Waals surface area contributed by atoms with Gasteiger partial charge in [-0.25, -0.2) is 0 Å². The van der Waals surface area contributed by atoms with E-state index < -0.39 is 0 Å². The van der Waals surface area contributed by atoms with Crippen LogP contribution in [0.25, 0.3) is 0 Å². The van der Waals surface area contributed by atoms with Crippen molar-refractivity contribution < 1.29 is 19.5 Å². The van der Waals surface area contributed by atoms with Gasteiger partial charge in [-0.05, 0) is 55.9 Å². The molecule has 0 radical (unpaired) electrons. The van der Waals surface area contributed by atoms with E-state index >= 15 is 0 Å². The van der Waals surface area contributed by atoms with E-state index in [-0.39, 0.29) is 64.4 Å². The Balaban J connectivity index is 1.81. The van der Waals surface area contributed by atoms with Gasteiger partial charge in [0.1, 0.15) is 11.6 Å². The lowest BCUT2D eigenvalue weighted by molar-refractivity contribution is -0.150. The van der Waals surface area contributed by atoms with E-state index in [0.29, 0.717) is 6.42 Å². The first-order valence-electron chi connectivity index (χ1n) is 9.64. The van der Waals surface area contributed by atoms with Crippen molar-refractivity contribution in [3.63, 3.8) is 0 Å². The zero-order chi connectivity index (χ0) is 18.1. The topological polar surface area (TPSA) is 71.4 Å². The predicted octanol–water partition coefficient (Wildman–Crippen LogP) is 2.87. The first kappa shape index (κ1) is 17.1. The van der Waals surface area contributed by atoms with Crippen LogP contribution < -0.4 is 0 Å². The molecule has 1 N–H and O–H groups in total. The Morgan fingerprint density at radius 3 is 2.56 bits per heavy atom. The largest absolute Gasteiger partial charge is 0.393 e. The lowest BCUT2D eigenvalue weighted by atomic mass is 9.44. The minimum Gasteiger partial charge on any atom is -0.393 e. The molecule has 3 fully saturated rings. The summed E-state index contributed by atoms with van der Waals surface area (Å²) in [6.45, 7) is 5.85. The van der Waals surface area contributed by atoms with Gasteiger partial charge in [0.2, 0.25) is 0 Å². The number of aliphatic hydroxyl groups excluding tert-OH is 1. The number of aliphatic hydroxyl groups is 1. The molecule has 0 aliphatic heterocycles. The highest BCUT2D eigenvalue weighted by Gasteiger charge is 2.63. The zero-order valence-corrected chi connectivity index (χ0v) is 15.4. The van der Waals surface area contributed by atoms with Gasteiger partial charge in [-0.1, -0.05) is 19.4 Å². The van der Waals surface area contributed by atoms with Crippen molar-refractivity contribution in [2.24, 2.45) is 34.5 Å². The van der Waals surface area contributed by atoms with Crippen LogP contribution >= 0.6 is 0 Å². The number of allylic oxidation sites excluding steroid dienone is 1. The third kappa shape index (κ3) is 2.12. The fraction of sp³-hybridized carbons (Fsp3) is 0.762. The van der Waals surface area contributed by atoms with Crippen LogP contribution in [0.4, 0.5) is 0 Å². The summed E-state index contributed by atoms with van der Waals surface area (Å²) in [6, 6.07) is 0. The van der Waals surface area contributed by atoms with Gasteiger partial charge in [-0.2, -0.15) is 0 Å². The Kier molecular flexibility index (Phi) is 3.67. The quantitative estimate of drug-likeness (QED) is 0.794. The summed E-state index contributed by atoms with van der Waals surface area (Å²) in [5, 5.41) is 10.5. The van der Waals surface area contributed by atoms with Gasteiger partial charge in [-0.15, -0.1) is 0 Å². The number of rotatable bonds is 1.